The zero-order chi connectivity index (χ0) is 20.1. The Balaban J connectivity index is 1.23. The van der Waals surface area contributed by atoms with E-state index in [4.69, 9.17) is 21.1 Å². The largest absolute Gasteiger partial charge is 0.486 e. The van der Waals surface area contributed by atoms with Crippen molar-refractivity contribution in [2.24, 2.45) is 0 Å². The van der Waals surface area contributed by atoms with Crippen molar-refractivity contribution in [3.8, 4) is 11.5 Å². The zero-order valence-electron chi connectivity index (χ0n) is 16.3. The van der Waals surface area contributed by atoms with E-state index in [9.17, 15) is 4.79 Å². The molecule has 0 saturated carbocycles. The number of rotatable bonds is 5. The van der Waals surface area contributed by atoms with Crippen LogP contribution >= 0.6 is 11.6 Å². The summed E-state index contributed by atoms with van der Waals surface area (Å²) in [6.07, 6.45) is 5.39. The van der Waals surface area contributed by atoms with Gasteiger partial charge in [0.1, 0.15) is 19.8 Å². The maximum absolute atomic E-state index is 12.3. The number of carbonyl (C=O) groups excluding carboxylic acids is 1. The average molecular weight is 414 g/mol. The Morgan fingerprint density at radius 1 is 1.07 bits per heavy atom. The van der Waals surface area contributed by atoms with E-state index >= 15 is 0 Å². The summed E-state index contributed by atoms with van der Waals surface area (Å²) in [5.74, 6) is 1.44. The Morgan fingerprint density at radius 3 is 2.55 bits per heavy atom. The lowest BCUT2D eigenvalue weighted by atomic mass is 10.0. The van der Waals surface area contributed by atoms with Crippen LogP contribution < -0.4 is 19.7 Å². The predicted molar refractivity (Wildman–Crippen MR) is 113 cm³/mol. The number of halogens is 1. The lowest BCUT2D eigenvalue weighted by Gasteiger charge is -2.29. The fraction of sp³-hybridized carbons (Fsp3) is 0.348. The molecular weight excluding hydrogens is 388 g/mol. The molecule has 2 N–H and O–H groups in total. The quantitative estimate of drug-likeness (QED) is 0.740. The molecule has 0 unspecified atom stereocenters. The summed E-state index contributed by atoms with van der Waals surface area (Å²) in [5.41, 5.74) is 2.22. The Hall–Kier alpha value is -2.50. The molecular formula is C23H26ClN2O3+. The van der Waals surface area contributed by atoms with Crippen molar-refractivity contribution < 1.29 is 19.2 Å². The highest BCUT2D eigenvalue weighted by molar-refractivity contribution is 6.30. The van der Waals surface area contributed by atoms with Gasteiger partial charge < -0.3 is 19.7 Å². The summed E-state index contributed by atoms with van der Waals surface area (Å²) in [5, 5.41) is 3.90. The van der Waals surface area contributed by atoms with Crippen LogP contribution in [0.15, 0.2) is 48.5 Å². The van der Waals surface area contributed by atoms with Crippen molar-refractivity contribution >= 4 is 23.6 Å². The van der Waals surface area contributed by atoms with Crippen LogP contribution in [0.5, 0.6) is 11.5 Å². The summed E-state index contributed by atoms with van der Waals surface area (Å²) in [6, 6.07) is 14.0. The summed E-state index contributed by atoms with van der Waals surface area (Å²) in [7, 11) is 0. The van der Waals surface area contributed by atoms with E-state index in [2.05, 4.69) is 17.4 Å². The minimum atomic E-state index is -0.0500. The molecule has 0 radical (unpaired) electrons. The third-order valence-electron chi connectivity index (χ3n) is 5.40. The van der Waals surface area contributed by atoms with Gasteiger partial charge in [-0.1, -0.05) is 29.8 Å². The first-order valence-electron chi connectivity index (χ1n) is 10.1. The Kier molecular flexibility index (Phi) is 6.37. The van der Waals surface area contributed by atoms with Gasteiger partial charge in [0.15, 0.2) is 11.5 Å². The summed E-state index contributed by atoms with van der Waals surface area (Å²) in [4.78, 5) is 13.9. The van der Waals surface area contributed by atoms with Crippen LogP contribution in [0.3, 0.4) is 0 Å². The van der Waals surface area contributed by atoms with Crippen LogP contribution in [0.2, 0.25) is 5.02 Å². The first kappa shape index (κ1) is 19.8. The number of hydrogen-bond donors (Lipinski definition) is 2. The molecule has 1 saturated heterocycles. The number of benzene rings is 2. The van der Waals surface area contributed by atoms with E-state index in [1.54, 1.807) is 11.0 Å². The monoisotopic (exact) mass is 413 g/mol. The molecule has 0 bridgehead atoms. The lowest BCUT2D eigenvalue weighted by Crippen LogP contribution is -3.12. The summed E-state index contributed by atoms with van der Waals surface area (Å²) >= 11 is 5.95. The first-order chi connectivity index (χ1) is 14.2. The van der Waals surface area contributed by atoms with Gasteiger partial charge in [0.2, 0.25) is 5.91 Å². The standard InChI is InChI=1S/C23H25ClN2O3/c24-19-5-1-18(2-6-19)16-26-11-9-20(10-12-26)25-23(27)8-4-17-3-7-21-22(15-17)29-14-13-28-21/h1-8,15,20H,9-14,16H2,(H,25,27)/p+1/b8-4+. The molecule has 0 aliphatic carbocycles. The third-order valence-corrected chi connectivity index (χ3v) is 5.65. The molecule has 1 amide bonds. The maximum atomic E-state index is 12.3. The van der Waals surface area contributed by atoms with Crippen LogP contribution in [-0.4, -0.2) is 38.3 Å². The number of carbonyl (C=O) groups is 1. The summed E-state index contributed by atoms with van der Waals surface area (Å²) in [6.45, 7) is 4.24. The van der Waals surface area contributed by atoms with Gasteiger partial charge in [0, 0.05) is 35.5 Å². The zero-order valence-corrected chi connectivity index (χ0v) is 17.1. The van der Waals surface area contributed by atoms with E-state index in [0.29, 0.717) is 13.2 Å². The van der Waals surface area contributed by atoms with Crippen molar-refractivity contribution in [2.45, 2.75) is 25.4 Å². The number of nitrogens with one attached hydrogen (secondary N) is 2. The van der Waals surface area contributed by atoms with E-state index in [-0.39, 0.29) is 11.9 Å². The van der Waals surface area contributed by atoms with Crippen molar-refractivity contribution in [1.29, 1.82) is 0 Å². The molecule has 2 aliphatic heterocycles. The van der Waals surface area contributed by atoms with E-state index in [1.807, 2.05) is 36.4 Å². The molecule has 0 aromatic heterocycles. The minimum Gasteiger partial charge on any atom is -0.486 e. The van der Waals surface area contributed by atoms with E-state index < -0.39 is 0 Å². The number of ether oxygens (including phenoxy) is 2. The molecule has 29 heavy (non-hydrogen) atoms. The van der Waals surface area contributed by atoms with Gasteiger partial charge in [-0.25, -0.2) is 0 Å². The van der Waals surface area contributed by atoms with Gasteiger partial charge in [-0.2, -0.15) is 0 Å². The topological polar surface area (TPSA) is 52.0 Å². The van der Waals surface area contributed by atoms with Gasteiger partial charge in [-0.15, -0.1) is 0 Å². The van der Waals surface area contributed by atoms with Crippen molar-refractivity contribution in [2.75, 3.05) is 26.3 Å². The Bertz CT molecular complexity index is 874. The molecule has 5 nitrogen and oxygen atoms in total. The van der Waals surface area contributed by atoms with Crippen LogP contribution in [0.25, 0.3) is 6.08 Å². The fourth-order valence-corrected chi connectivity index (χ4v) is 3.95. The molecule has 152 valence electrons. The van der Waals surface area contributed by atoms with Gasteiger partial charge in [-0.3, -0.25) is 4.79 Å². The van der Waals surface area contributed by atoms with Crippen LogP contribution in [0.4, 0.5) is 0 Å². The predicted octanol–water partition coefficient (Wildman–Crippen LogP) is 2.49. The number of likely N-dealkylation sites (tertiary alicyclic amines) is 1. The van der Waals surface area contributed by atoms with Gasteiger partial charge in [-0.05, 0) is 35.9 Å². The third kappa shape index (κ3) is 5.52. The maximum Gasteiger partial charge on any atom is 0.244 e. The van der Waals surface area contributed by atoms with Crippen molar-refractivity contribution in [3.05, 3.63) is 64.7 Å². The molecule has 0 spiro atoms. The van der Waals surface area contributed by atoms with Gasteiger partial charge >= 0.3 is 0 Å². The second-order valence-electron chi connectivity index (χ2n) is 7.57. The fourth-order valence-electron chi connectivity index (χ4n) is 3.82. The Morgan fingerprint density at radius 2 is 1.79 bits per heavy atom. The first-order valence-corrected chi connectivity index (χ1v) is 10.5. The number of fused-ring (bicyclic) bond motifs is 1. The Labute approximate surface area is 176 Å². The van der Waals surface area contributed by atoms with Gasteiger partial charge in [0.05, 0.1) is 13.1 Å². The highest BCUT2D eigenvalue weighted by atomic mass is 35.5. The molecule has 2 aromatic rings. The second kappa shape index (κ2) is 9.33. The molecule has 1 fully saturated rings. The SMILES string of the molecule is O=C(/C=C/c1ccc2c(c1)OCCO2)NC1CC[NH+](Cc2ccc(Cl)cc2)CC1. The molecule has 6 heteroatoms. The molecule has 2 heterocycles. The van der Waals surface area contributed by atoms with E-state index in [0.717, 1.165) is 54.6 Å². The van der Waals surface area contributed by atoms with Crippen LogP contribution in [-0.2, 0) is 11.3 Å². The number of quaternary nitrogens is 1. The second-order valence-corrected chi connectivity index (χ2v) is 8.01. The molecule has 4 rings (SSSR count). The molecule has 2 aliphatic rings. The number of amides is 1. The molecule has 2 aromatic carbocycles. The van der Waals surface area contributed by atoms with Crippen LogP contribution in [0.1, 0.15) is 24.0 Å². The highest BCUT2D eigenvalue weighted by Gasteiger charge is 2.23. The van der Waals surface area contributed by atoms with E-state index in [1.165, 1.54) is 5.56 Å². The average Bonchev–Trinajstić information content (AvgIpc) is 2.75. The van der Waals surface area contributed by atoms with Crippen LogP contribution in [0, 0.1) is 0 Å². The van der Waals surface area contributed by atoms with Gasteiger partial charge in [0.25, 0.3) is 0 Å². The number of piperidine rings is 1. The van der Waals surface area contributed by atoms with Crippen molar-refractivity contribution in [3.63, 3.8) is 0 Å². The normalized spacial score (nSPS) is 21.1. The van der Waals surface area contributed by atoms with Crippen molar-refractivity contribution in [1.82, 2.24) is 5.32 Å². The molecule has 0 atom stereocenters. The summed E-state index contributed by atoms with van der Waals surface area (Å²) < 4.78 is 11.1. The lowest BCUT2D eigenvalue weighted by molar-refractivity contribution is -0.918. The smallest absolute Gasteiger partial charge is 0.244 e. The number of hydrogen-bond acceptors (Lipinski definition) is 3. The highest BCUT2D eigenvalue weighted by Crippen LogP contribution is 2.31. The minimum absolute atomic E-state index is 0.0500.